The van der Waals surface area contributed by atoms with Gasteiger partial charge in [0.2, 0.25) is 5.91 Å². The molecule has 1 fully saturated rings. The van der Waals surface area contributed by atoms with Gasteiger partial charge in [0.05, 0.1) is 23.9 Å². The molecular weight excluding hydrogens is 584 g/mol. The number of benzene rings is 3. The van der Waals surface area contributed by atoms with Crippen molar-refractivity contribution < 1.29 is 50.2 Å². The number of carbonyl (C=O) groups excluding carboxylic acids is 3. The zero-order valence-electron chi connectivity index (χ0n) is 22.3. The maximum Gasteiger partial charge on any atom is 0.490 e. The van der Waals surface area contributed by atoms with Crippen molar-refractivity contribution in [3.8, 4) is 16.9 Å². The topological polar surface area (TPSA) is 88.2 Å². The highest BCUT2D eigenvalue weighted by molar-refractivity contribution is 6.10. The van der Waals surface area contributed by atoms with E-state index in [0.29, 0.717) is 11.3 Å². The van der Waals surface area contributed by atoms with Gasteiger partial charge in [-0.1, -0.05) is 30.3 Å². The monoisotopic (exact) mass is 607 g/mol. The number of amides is 2. The lowest BCUT2D eigenvalue weighted by molar-refractivity contribution is -0.215. The van der Waals surface area contributed by atoms with Crippen molar-refractivity contribution in [3.05, 3.63) is 83.4 Å². The van der Waals surface area contributed by atoms with Gasteiger partial charge in [0, 0.05) is 25.2 Å². The maximum atomic E-state index is 13.6. The first-order valence-electron chi connectivity index (χ1n) is 12.9. The van der Waals surface area contributed by atoms with Gasteiger partial charge >= 0.3 is 18.3 Å². The lowest BCUT2D eigenvalue weighted by Gasteiger charge is -2.42. The van der Waals surface area contributed by atoms with Gasteiger partial charge in [0.1, 0.15) is 11.8 Å². The molecule has 0 aliphatic carbocycles. The number of rotatable bonds is 5. The van der Waals surface area contributed by atoms with Crippen LogP contribution in [0.25, 0.3) is 11.1 Å². The molecule has 0 bridgehead atoms. The molecule has 14 heteroatoms. The molecular formula is C29H23F6N3O5. The van der Waals surface area contributed by atoms with E-state index in [2.05, 4.69) is 5.32 Å². The highest BCUT2D eigenvalue weighted by atomic mass is 19.4. The summed E-state index contributed by atoms with van der Waals surface area (Å²) in [7, 11) is 1.40. The van der Waals surface area contributed by atoms with Gasteiger partial charge in [0.25, 0.3) is 5.91 Å². The minimum atomic E-state index is -5.28. The molecule has 3 aromatic carbocycles. The number of piperazine rings is 1. The van der Waals surface area contributed by atoms with E-state index in [1.807, 2.05) is 0 Å². The molecule has 3 aromatic rings. The van der Waals surface area contributed by atoms with Crippen LogP contribution in [0.5, 0.6) is 5.75 Å². The number of carbonyl (C=O) groups is 3. The lowest BCUT2D eigenvalue weighted by atomic mass is 9.99. The highest BCUT2D eigenvalue weighted by Crippen LogP contribution is 2.36. The maximum absolute atomic E-state index is 13.6. The summed E-state index contributed by atoms with van der Waals surface area (Å²) < 4.78 is 89.2. The van der Waals surface area contributed by atoms with Gasteiger partial charge in [-0.15, -0.1) is 0 Å². The SMILES string of the molecule is COc1ccc(C(OC(=O)C(F)(F)F)N2CCN3C(=O)c4cc(-c5cccc(C(F)(F)F)c5)ccc4NC(=O)C3C2)cc1. The van der Waals surface area contributed by atoms with E-state index < -0.39 is 48.0 Å². The van der Waals surface area contributed by atoms with Crippen LogP contribution in [0.3, 0.4) is 0 Å². The van der Waals surface area contributed by atoms with Crippen LogP contribution in [0.4, 0.5) is 32.0 Å². The number of hydrogen-bond donors (Lipinski definition) is 1. The van der Waals surface area contributed by atoms with Crippen molar-refractivity contribution in [2.45, 2.75) is 24.6 Å². The Balaban J connectivity index is 1.43. The van der Waals surface area contributed by atoms with E-state index in [1.165, 1.54) is 71.5 Å². The number of fused-ring (bicyclic) bond motifs is 2. The molecule has 2 amide bonds. The third-order valence-electron chi connectivity index (χ3n) is 7.19. The summed E-state index contributed by atoms with van der Waals surface area (Å²) in [6, 6.07) is 13.4. The van der Waals surface area contributed by atoms with Crippen molar-refractivity contribution in [2.24, 2.45) is 0 Å². The number of anilines is 1. The molecule has 2 unspecified atom stereocenters. The predicted octanol–water partition coefficient (Wildman–Crippen LogP) is 5.26. The molecule has 1 saturated heterocycles. The van der Waals surface area contributed by atoms with Crippen LogP contribution < -0.4 is 10.1 Å². The third-order valence-corrected chi connectivity index (χ3v) is 7.19. The Morgan fingerprint density at radius 2 is 1.63 bits per heavy atom. The Bertz CT molecular complexity index is 1560. The number of nitrogens with zero attached hydrogens (tertiary/aromatic N) is 2. The van der Waals surface area contributed by atoms with Gasteiger partial charge in [0.15, 0.2) is 6.23 Å². The molecule has 0 radical (unpaired) electrons. The zero-order valence-corrected chi connectivity index (χ0v) is 22.3. The number of hydrogen-bond acceptors (Lipinski definition) is 6. The van der Waals surface area contributed by atoms with Crippen LogP contribution in [0.2, 0.25) is 0 Å². The van der Waals surface area contributed by atoms with Crippen molar-refractivity contribution in [1.82, 2.24) is 9.80 Å². The minimum Gasteiger partial charge on any atom is -0.497 e. The van der Waals surface area contributed by atoms with Crippen LogP contribution in [0.15, 0.2) is 66.7 Å². The van der Waals surface area contributed by atoms with Crippen LogP contribution in [0.1, 0.15) is 27.7 Å². The standard InChI is InChI=1S/C29H23F6N3O5/c1-42-20-8-5-16(6-9-20)26(43-27(41)29(33,34)35)37-11-12-38-23(15-37)24(39)36-22-10-7-18(14-21(22)25(38)40)17-3-2-4-19(13-17)28(30,31)32/h2-10,13-14,23,26H,11-12,15H2,1H3,(H,36,39). The Hall–Kier alpha value is -4.59. The molecule has 5 rings (SSSR count). The van der Waals surface area contributed by atoms with E-state index in [0.717, 1.165) is 12.1 Å². The van der Waals surface area contributed by atoms with Gasteiger partial charge in [-0.2, -0.15) is 26.3 Å². The zero-order chi connectivity index (χ0) is 31.1. The van der Waals surface area contributed by atoms with Crippen LogP contribution >= 0.6 is 0 Å². The third kappa shape index (κ3) is 6.14. The fourth-order valence-electron chi connectivity index (χ4n) is 5.03. The van der Waals surface area contributed by atoms with E-state index >= 15 is 0 Å². The molecule has 0 spiro atoms. The fraction of sp³-hybridized carbons (Fsp3) is 0.276. The van der Waals surface area contributed by atoms with Crippen LogP contribution in [0, 0.1) is 0 Å². The second-order valence-corrected chi connectivity index (χ2v) is 9.87. The smallest absolute Gasteiger partial charge is 0.490 e. The van der Waals surface area contributed by atoms with E-state index in [1.54, 1.807) is 0 Å². The number of ether oxygens (including phenoxy) is 2. The number of alkyl halides is 6. The largest absolute Gasteiger partial charge is 0.497 e. The van der Waals surface area contributed by atoms with Crippen molar-refractivity contribution in [2.75, 3.05) is 32.1 Å². The molecule has 1 N–H and O–H groups in total. The molecule has 2 aliphatic rings. The van der Waals surface area contributed by atoms with Crippen molar-refractivity contribution in [1.29, 1.82) is 0 Å². The van der Waals surface area contributed by atoms with Crippen LogP contribution in [-0.4, -0.2) is 66.5 Å². The first kappa shape index (κ1) is 29.9. The Morgan fingerprint density at radius 1 is 0.930 bits per heavy atom. The number of halogens is 6. The first-order chi connectivity index (χ1) is 20.3. The van der Waals surface area contributed by atoms with E-state index in [4.69, 9.17) is 9.47 Å². The Morgan fingerprint density at radius 3 is 2.28 bits per heavy atom. The molecule has 2 aliphatic heterocycles. The fourth-order valence-corrected chi connectivity index (χ4v) is 5.03. The van der Waals surface area contributed by atoms with Gasteiger partial charge in [-0.25, -0.2) is 4.79 Å². The second-order valence-electron chi connectivity index (χ2n) is 9.87. The van der Waals surface area contributed by atoms with Crippen molar-refractivity contribution >= 4 is 23.5 Å². The minimum absolute atomic E-state index is 0.0365. The molecule has 8 nitrogen and oxygen atoms in total. The quantitative estimate of drug-likeness (QED) is 0.315. The summed E-state index contributed by atoms with van der Waals surface area (Å²) in [5.74, 6) is -3.25. The highest BCUT2D eigenvalue weighted by Gasteiger charge is 2.46. The summed E-state index contributed by atoms with van der Waals surface area (Å²) in [6.45, 7) is -0.478. The molecule has 2 atom stereocenters. The molecule has 43 heavy (non-hydrogen) atoms. The first-order valence-corrected chi connectivity index (χ1v) is 12.9. The molecule has 0 saturated carbocycles. The summed E-state index contributed by atoms with van der Waals surface area (Å²) >= 11 is 0. The van der Waals surface area contributed by atoms with Crippen LogP contribution in [-0.2, 0) is 20.5 Å². The Kier molecular flexibility index (Phi) is 7.82. The average molecular weight is 608 g/mol. The Labute approximate surface area is 240 Å². The second kappa shape index (κ2) is 11.2. The molecule has 0 aromatic heterocycles. The summed E-state index contributed by atoms with van der Waals surface area (Å²) in [4.78, 5) is 41.3. The van der Waals surface area contributed by atoms with Gasteiger partial charge < -0.3 is 19.7 Å². The number of nitrogens with one attached hydrogen (secondary N) is 1. The van der Waals surface area contributed by atoms with Crippen molar-refractivity contribution in [3.63, 3.8) is 0 Å². The normalized spacial score (nSPS) is 18.2. The summed E-state index contributed by atoms with van der Waals surface area (Å²) in [6.07, 6.45) is -11.4. The predicted molar refractivity (Wildman–Crippen MR) is 140 cm³/mol. The molecule has 2 heterocycles. The number of esters is 1. The summed E-state index contributed by atoms with van der Waals surface area (Å²) in [5.41, 5.74) is -0.00902. The lowest BCUT2D eigenvalue weighted by Crippen LogP contribution is -2.59. The molecule has 226 valence electrons. The summed E-state index contributed by atoms with van der Waals surface area (Å²) in [5, 5.41) is 2.63. The van der Waals surface area contributed by atoms with Gasteiger partial charge in [-0.3, -0.25) is 14.5 Å². The average Bonchev–Trinajstić information content (AvgIpc) is 3.08. The van der Waals surface area contributed by atoms with E-state index in [9.17, 15) is 40.7 Å². The number of methoxy groups -OCH3 is 1. The van der Waals surface area contributed by atoms with E-state index in [-0.39, 0.29) is 42.0 Å². The van der Waals surface area contributed by atoms with Gasteiger partial charge in [-0.05, 0) is 47.5 Å².